The number of nitrogens with zero attached hydrogens (tertiary/aromatic N) is 3. The summed E-state index contributed by atoms with van der Waals surface area (Å²) < 4.78 is 18.5. The van der Waals surface area contributed by atoms with Gasteiger partial charge in [0.15, 0.2) is 11.4 Å². The third-order valence-electron chi connectivity index (χ3n) is 9.57. The van der Waals surface area contributed by atoms with Crippen molar-refractivity contribution < 1.29 is 33.7 Å². The molecule has 7 rings (SSSR count). The van der Waals surface area contributed by atoms with E-state index in [1.165, 1.54) is 4.90 Å². The highest BCUT2D eigenvalue weighted by Gasteiger charge is 2.40. The smallest absolute Gasteiger partial charge is 0.408 e. The van der Waals surface area contributed by atoms with E-state index < -0.39 is 24.3 Å². The van der Waals surface area contributed by atoms with E-state index in [1.807, 2.05) is 103 Å². The van der Waals surface area contributed by atoms with Gasteiger partial charge in [-0.3, -0.25) is 14.5 Å². The van der Waals surface area contributed by atoms with E-state index in [4.69, 9.17) is 14.2 Å². The Hall–Kier alpha value is -5.40. The van der Waals surface area contributed by atoms with Gasteiger partial charge in [-0.2, -0.15) is 0 Å². The first kappa shape index (κ1) is 36.9. The van der Waals surface area contributed by atoms with Crippen LogP contribution in [-0.2, 0) is 43.6 Å². The molecular weight excluding hydrogens is 705 g/mol. The van der Waals surface area contributed by atoms with Crippen molar-refractivity contribution in [3.05, 3.63) is 149 Å². The molecule has 3 amide bonds. The number of aliphatic hydroxyl groups excluding tert-OH is 1. The maximum Gasteiger partial charge on any atom is 0.408 e. The fraction of sp³-hybridized carbons (Fsp3) is 0.262. The molecule has 5 atom stereocenters. The van der Waals surface area contributed by atoms with Crippen LogP contribution in [0.5, 0.6) is 0 Å². The Balaban J connectivity index is 1.01. The molecule has 276 valence electrons. The van der Waals surface area contributed by atoms with Gasteiger partial charge < -0.3 is 24.6 Å². The summed E-state index contributed by atoms with van der Waals surface area (Å²) in [6.07, 6.45) is 1.53. The van der Waals surface area contributed by atoms with Crippen molar-refractivity contribution >= 4 is 29.7 Å². The van der Waals surface area contributed by atoms with Gasteiger partial charge in [-0.25, -0.2) is 14.8 Å². The average molecular weight is 745 g/mol. The second-order valence-electron chi connectivity index (χ2n) is 13.3. The van der Waals surface area contributed by atoms with Crippen molar-refractivity contribution in [3.8, 4) is 11.1 Å². The lowest BCUT2D eigenvalue weighted by Crippen LogP contribution is -2.41. The Labute approximate surface area is 317 Å². The van der Waals surface area contributed by atoms with Gasteiger partial charge in [0.2, 0.25) is 5.91 Å². The summed E-state index contributed by atoms with van der Waals surface area (Å²) in [6, 6.07) is 33.5. The standard InChI is InChI=1S/C42H40N4O7S/c1-27-36(26-54-41-43-19-6-20-44-41)52-40(53-38(27)32-13-11-28(24-47)12-14-32)33-17-15-31(16-18-33)34-10-5-9-30(21-34)23-46-37(48)22-35(39(46)49)45-42(50)51-25-29-7-3-2-4-8-29/h2-21,27,35-36,38,40,47H,22-26H2,1H3,(H,45,50). The fourth-order valence-electron chi connectivity index (χ4n) is 6.56. The number of hydrogen-bond acceptors (Lipinski definition) is 10. The zero-order valence-electron chi connectivity index (χ0n) is 29.6. The monoisotopic (exact) mass is 744 g/mol. The number of nitrogens with one attached hydrogen (secondary N) is 1. The minimum atomic E-state index is -0.979. The number of ether oxygens (including phenoxy) is 3. The van der Waals surface area contributed by atoms with Crippen molar-refractivity contribution in [2.24, 2.45) is 5.92 Å². The van der Waals surface area contributed by atoms with Crippen LogP contribution in [0.3, 0.4) is 0 Å². The number of carbonyl (C=O) groups is 3. The highest BCUT2D eigenvalue weighted by molar-refractivity contribution is 7.99. The van der Waals surface area contributed by atoms with E-state index >= 15 is 0 Å². The molecule has 12 heteroatoms. The Kier molecular flexibility index (Phi) is 11.7. The van der Waals surface area contributed by atoms with Gasteiger partial charge in [0.05, 0.1) is 31.8 Å². The number of hydrogen-bond donors (Lipinski definition) is 2. The molecule has 0 spiro atoms. The van der Waals surface area contributed by atoms with Crippen LogP contribution in [0, 0.1) is 5.92 Å². The lowest BCUT2D eigenvalue weighted by molar-refractivity contribution is -0.268. The number of carbonyl (C=O) groups excluding carboxylic acids is 3. The molecule has 2 aliphatic rings. The Bertz CT molecular complexity index is 2050. The van der Waals surface area contributed by atoms with Gasteiger partial charge in [0, 0.05) is 29.6 Å². The van der Waals surface area contributed by atoms with Crippen molar-refractivity contribution in [1.29, 1.82) is 0 Å². The van der Waals surface area contributed by atoms with Crippen molar-refractivity contribution in [3.63, 3.8) is 0 Å². The number of aliphatic hydroxyl groups is 1. The third-order valence-corrected chi connectivity index (χ3v) is 10.5. The maximum absolute atomic E-state index is 13.2. The van der Waals surface area contributed by atoms with Gasteiger partial charge >= 0.3 is 6.09 Å². The first-order valence-electron chi connectivity index (χ1n) is 17.8. The van der Waals surface area contributed by atoms with Crippen LogP contribution in [0.1, 0.15) is 53.6 Å². The summed E-state index contributed by atoms with van der Waals surface area (Å²) in [6.45, 7) is 2.23. The van der Waals surface area contributed by atoms with E-state index in [0.717, 1.165) is 38.9 Å². The van der Waals surface area contributed by atoms with E-state index in [2.05, 4.69) is 22.2 Å². The fourth-order valence-corrected chi connectivity index (χ4v) is 7.53. The second-order valence-corrected chi connectivity index (χ2v) is 14.3. The summed E-state index contributed by atoms with van der Waals surface area (Å²) in [5, 5.41) is 12.8. The zero-order chi connectivity index (χ0) is 37.4. The molecule has 0 bridgehead atoms. The van der Waals surface area contributed by atoms with Gasteiger partial charge in [-0.05, 0) is 45.5 Å². The van der Waals surface area contributed by atoms with Crippen LogP contribution in [0.4, 0.5) is 4.79 Å². The predicted octanol–water partition coefficient (Wildman–Crippen LogP) is 6.77. The molecule has 3 heterocycles. The summed E-state index contributed by atoms with van der Waals surface area (Å²) in [5.74, 6) is -0.170. The largest absolute Gasteiger partial charge is 0.445 e. The van der Waals surface area contributed by atoms with E-state index in [9.17, 15) is 19.5 Å². The zero-order valence-corrected chi connectivity index (χ0v) is 30.4. The van der Waals surface area contributed by atoms with Crippen LogP contribution in [-0.4, -0.2) is 55.8 Å². The topological polar surface area (TPSA) is 140 Å². The number of imide groups is 1. The molecular formula is C42H40N4O7S. The molecule has 0 aliphatic carbocycles. The molecule has 2 saturated heterocycles. The second kappa shape index (κ2) is 17.2. The van der Waals surface area contributed by atoms with Crippen LogP contribution in [0.25, 0.3) is 11.1 Å². The number of likely N-dealkylation sites (tertiary alicyclic amines) is 1. The summed E-state index contributed by atoms with van der Waals surface area (Å²) in [7, 11) is 0. The van der Waals surface area contributed by atoms with E-state index in [-0.39, 0.29) is 50.2 Å². The molecule has 2 fully saturated rings. The van der Waals surface area contributed by atoms with Gasteiger partial charge in [-0.15, -0.1) is 0 Å². The minimum absolute atomic E-state index is 0.0216. The number of thioether (sulfide) groups is 1. The van der Waals surface area contributed by atoms with Gasteiger partial charge in [-0.1, -0.05) is 116 Å². The molecule has 1 aromatic heterocycles. The normalized spacial score (nSPS) is 21.2. The highest BCUT2D eigenvalue weighted by atomic mass is 32.2. The highest BCUT2D eigenvalue weighted by Crippen LogP contribution is 2.43. The van der Waals surface area contributed by atoms with Crippen LogP contribution in [0.2, 0.25) is 0 Å². The first-order chi connectivity index (χ1) is 26.3. The van der Waals surface area contributed by atoms with Crippen molar-refractivity contribution in [1.82, 2.24) is 20.2 Å². The van der Waals surface area contributed by atoms with Gasteiger partial charge in [0.25, 0.3) is 5.91 Å². The Morgan fingerprint density at radius 2 is 1.57 bits per heavy atom. The van der Waals surface area contributed by atoms with E-state index in [0.29, 0.717) is 10.9 Å². The van der Waals surface area contributed by atoms with Gasteiger partial charge in [0.1, 0.15) is 12.6 Å². The Morgan fingerprint density at radius 3 is 2.31 bits per heavy atom. The third kappa shape index (κ3) is 8.86. The van der Waals surface area contributed by atoms with Crippen LogP contribution in [0.15, 0.2) is 127 Å². The number of alkyl carbamates (subject to hydrolysis) is 1. The number of rotatable bonds is 12. The summed E-state index contributed by atoms with van der Waals surface area (Å²) >= 11 is 1.54. The lowest BCUT2D eigenvalue weighted by atomic mass is 9.91. The molecule has 0 saturated carbocycles. The summed E-state index contributed by atoms with van der Waals surface area (Å²) in [5.41, 5.74) is 6.14. The molecule has 2 aliphatic heterocycles. The number of benzene rings is 4. The van der Waals surface area contributed by atoms with Crippen LogP contribution >= 0.6 is 11.8 Å². The Morgan fingerprint density at radius 1 is 0.852 bits per heavy atom. The molecule has 4 aromatic carbocycles. The molecule has 2 N–H and O–H groups in total. The number of amides is 3. The molecule has 5 aromatic rings. The SMILES string of the molecule is CC1C(CSc2ncccn2)OC(c2ccc(-c3cccc(CN4C(=O)CC(NC(=O)OCc5ccccc5)C4=O)c3)cc2)OC1c1ccc(CO)cc1. The van der Waals surface area contributed by atoms with E-state index in [1.54, 1.807) is 30.2 Å². The molecule has 11 nitrogen and oxygen atoms in total. The summed E-state index contributed by atoms with van der Waals surface area (Å²) in [4.78, 5) is 48.3. The first-order valence-corrected chi connectivity index (χ1v) is 18.7. The lowest BCUT2D eigenvalue weighted by Gasteiger charge is -2.41. The molecule has 0 radical (unpaired) electrons. The predicted molar refractivity (Wildman–Crippen MR) is 201 cm³/mol. The molecule has 5 unspecified atom stereocenters. The van der Waals surface area contributed by atoms with Crippen LogP contribution < -0.4 is 5.32 Å². The van der Waals surface area contributed by atoms with Crippen molar-refractivity contribution in [2.75, 3.05) is 5.75 Å². The quantitative estimate of drug-likeness (QED) is 0.0799. The van der Waals surface area contributed by atoms with Crippen molar-refractivity contribution in [2.45, 2.75) is 62.8 Å². The maximum atomic E-state index is 13.2. The molecule has 54 heavy (non-hydrogen) atoms. The average Bonchev–Trinajstić information content (AvgIpc) is 3.47. The number of aromatic nitrogens is 2. The minimum Gasteiger partial charge on any atom is -0.445 e.